The first-order chi connectivity index (χ1) is 13.6. The molecule has 0 saturated heterocycles. The lowest BCUT2D eigenvalue weighted by molar-refractivity contribution is -0.120. The molecule has 146 valence electrons. The lowest BCUT2D eigenvalue weighted by Crippen LogP contribution is -2.55. The molecule has 6 heteroatoms. The molecule has 1 saturated carbocycles. The highest BCUT2D eigenvalue weighted by atomic mass is 16.2. The molecule has 2 heterocycles. The number of aromatic nitrogens is 2. The van der Waals surface area contributed by atoms with Crippen LogP contribution in [0.3, 0.4) is 0 Å². The number of hydrogen-bond acceptors (Lipinski definition) is 5. The van der Waals surface area contributed by atoms with Crippen molar-refractivity contribution in [2.24, 2.45) is 0 Å². The Morgan fingerprint density at radius 3 is 2.57 bits per heavy atom. The summed E-state index contributed by atoms with van der Waals surface area (Å²) in [6, 6.07) is 9.35. The maximum Gasteiger partial charge on any atom is 0.249 e. The minimum atomic E-state index is -0.201. The van der Waals surface area contributed by atoms with Crippen LogP contribution >= 0.6 is 0 Å². The Bertz CT molecular complexity index is 877. The van der Waals surface area contributed by atoms with Crippen LogP contribution in [0.4, 0.5) is 11.5 Å². The normalized spacial score (nSPS) is 19.8. The molecule has 28 heavy (non-hydrogen) atoms. The number of rotatable bonds is 5. The van der Waals surface area contributed by atoms with Crippen LogP contribution in [0.2, 0.25) is 0 Å². The maximum atomic E-state index is 12.9. The second-order valence-corrected chi connectivity index (χ2v) is 7.63. The maximum absolute atomic E-state index is 12.9. The van der Waals surface area contributed by atoms with Gasteiger partial charge in [-0.3, -0.25) is 9.59 Å². The number of benzene rings is 1. The van der Waals surface area contributed by atoms with E-state index in [1.165, 1.54) is 12.8 Å². The first kappa shape index (κ1) is 18.6. The minimum Gasteiger partial charge on any atom is -0.340 e. The van der Waals surface area contributed by atoms with Crippen molar-refractivity contribution in [2.75, 3.05) is 16.8 Å². The van der Waals surface area contributed by atoms with Crippen molar-refractivity contribution in [1.29, 1.82) is 0 Å². The van der Waals surface area contributed by atoms with E-state index in [0.29, 0.717) is 17.4 Å². The van der Waals surface area contributed by atoms with Crippen molar-refractivity contribution in [3.8, 4) is 0 Å². The Balaban J connectivity index is 1.69. The van der Waals surface area contributed by atoms with E-state index in [0.717, 1.165) is 30.8 Å². The van der Waals surface area contributed by atoms with Gasteiger partial charge in [-0.1, -0.05) is 50.1 Å². The number of ketones is 1. The predicted octanol–water partition coefficient (Wildman–Crippen LogP) is 3.41. The van der Waals surface area contributed by atoms with Crippen LogP contribution in [0, 0.1) is 0 Å². The molecule has 1 aliphatic carbocycles. The number of carbonyl (C=O) groups is 2. The van der Waals surface area contributed by atoms with Gasteiger partial charge in [-0.05, 0) is 19.3 Å². The molecule has 6 nitrogen and oxygen atoms in total. The van der Waals surface area contributed by atoms with Crippen LogP contribution in [-0.4, -0.2) is 40.8 Å². The molecular formula is C22H26N4O2. The number of carbonyl (C=O) groups excluding carboxylic acids is 2. The van der Waals surface area contributed by atoms with Crippen LogP contribution in [0.15, 0.2) is 36.5 Å². The molecule has 0 unspecified atom stereocenters. The Morgan fingerprint density at radius 1 is 1.18 bits per heavy atom. The Kier molecular flexibility index (Phi) is 5.11. The van der Waals surface area contributed by atoms with E-state index >= 15 is 0 Å². The van der Waals surface area contributed by atoms with Gasteiger partial charge >= 0.3 is 0 Å². The summed E-state index contributed by atoms with van der Waals surface area (Å²) in [5, 5.41) is 0. The third-order valence-electron chi connectivity index (χ3n) is 5.88. The first-order valence-corrected chi connectivity index (χ1v) is 10.1. The minimum absolute atomic E-state index is 0.000230. The van der Waals surface area contributed by atoms with Gasteiger partial charge in [0.1, 0.15) is 17.6 Å². The molecule has 0 bridgehead atoms. The molecule has 0 radical (unpaired) electrons. The second kappa shape index (κ2) is 7.70. The van der Waals surface area contributed by atoms with Gasteiger partial charge in [-0.25, -0.2) is 9.97 Å². The first-order valence-electron chi connectivity index (χ1n) is 10.1. The van der Waals surface area contributed by atoms with Crippen molar-refractivity contribution in [2.45, 2.75) is 57.5 Å². The summed E-state index contributed by atoms with van der Waals surface area (Å²) in [5.74, 6) is 1.40. The van der Waals surface area contributed by atoms with Crippen molar-refractivity contribution in [3.05, 3.63) is 47.9 Å². The number of anilines is 2. The van der Waals surface area contributed by atoms with E-state index in [1.807, 2.05) is 37.3 Å². The van der Waals surface area contributed by atoms with Crippen molar-refractivity contribution < 1.29 is 9.59 Å². The van der Waals surface area contributed by atoms with Crippen LogP contribution in [-0.2, 0) is 11.2 Å². The van der Waals surface area contributed by atoms with Crippen molar-refractivity contribution in [3.63, 3.8) is 0 Å². The zero-order chi connectivity index (χ0) is 19.7. The number of likely N-dealkylation sites (N-methyl/N-ethyl adjacent to an activating group) is 1. The smallest absolute Gasteiger partial charge is 0.249 e. The molecule has 0 N–H and O–H groups in total. The molecule has 1 aliphatic heterocycles. The fourth-order valence-corrected chi connectivity index (χ4v) is 4.37. The van der Waals surface area contributed by atoms with E-state index in [4.69, 9.17) is 4.98 Å². The van der Waals surface area contributed by atoms with Gasteiger partial charge < -0.3 is 9.80 Å². The van der Waals surface area contributed by atoms with Crippen molar-refractivity contribution in [1.82, 2.24) is 9.97 Å². The number of amides is 1. The number of nitrogens with zero attached hydrogens (tertiary/aromatic N) is 4. The van der Waals surface area contributed by atoms with Gasteiger partial charge in [0.05, 0.1) is 12.6 Å². The van der Waals surface area contributed by atoms with E-state index < -0.39 is 0 Å². The molecule has 1 atom stereocenters. The summed E-state index contributed by atoms with van der Waals surface area (Å²) < 4.78 is 0. The van der Waals surface area contributed by atoms with Crippen LogP contribution < -0.4 is 9.80 Å². The fourth-order valence-electron chi connectivity index (χ4n) is 4.37. The van der Waals surface area contributed by atoms with Gasteiger partial charge in [0, 0.05) is 18.7 Å². The van der Waals surface area contributed by atoms with Crippen LogP contribution in [0.25, 0.3) is 0 Å². The summed E-state index contributed by atoms with van der Waals surface area (Å²) in [7, 11) is 1.79. The number of hydrogen-bond donors (Lipinski definition) is 0. The standard InChI is InChI=1S/C22H26N4O2/c1-3-17-22(28)25(2)18-14-23-20(13-19(27)15-9-5-4-6-10-15)24-21(18)26(17)16-11-7-8-12-16/h4-6,9-10,14,16-17H,3,7-8,11-13H2,1-2H3/t17-/m1/s1. The molecule has 4 rings (SSSR count). The third-order valence-corrected chi connectivity index (χ3v) is 5.88. The largest absolute Gasteiger partial charge is 0.340 e. The Hall–Kier alpha value is -2.76. The lowest BCUT2D eigenvalue weighted by Gasteiger charge is -2.43. The average molecular weight is 378 g/mol. The van der Waals surface area contributed by atoms with Gasteiger partial charge in [0.25, 0.3) is 0 Å². The summed E-state index contributed by atoms with van der Waals surface area (Å²) in [4.78, 5) is 38.6. The van der Waals surface area contributed by atoms with Crippen molar-refractivity contribution >= 4 is 23.2 Å². The van der Waals surface area contributed by atoms with Gasteiger partial charge in [0.15, 0.2) is 11.6 Å². The highest BCUT2D eigenvalue weighted by Crippen LogP contribution is 2.39. The van der Waals surface area contributed by atoms with E-state index in [9.17, 15) is 9.59 Å². The highest BCUT2D eigenvalue weighted by Gasteiger charge is 2.41. The molecular weight excluding hydrogens is 352 g/mol. The molecule has 1 fully saturated rings. The molecule has 2 aromatic rings. The summed E-state index contributed by atoms with van der Waals surface area (Å²) >= 11 is 0. The zero-order valence-electron chi connectivity index (χ0n) is 16.5. The summed E-state index contributed by atoms with van der Waals surface area (Å²) in [5.41, 5.74) is 1.40. The zero-order valence-corrected chi connectivity index (χ0v) is 16.5. The SMILES string of the molecule is CC[C@@H]1C(=O)N(C)c2cnc(CC(=O)c3ccccc3)nc2N1C1CCCC1. The van der Waals surface area contributed by atoms with Crippen LogP contribution in [0.5, 0.6) is 0 Å². The average Bonchev–Trinajstić information content (AvgIpc) is 3.25. The fraction of sp³-hybridized carbons (Fsp3) is 0.455. The molecule has 1 aromatic carbocycles. The molecule has 0 spiro atoms. The highest BCUT2D eigenvalue weighted by molar-refractivity contribution is 6.04. The topological polar surface area (TPSA) is 66.4 Å². The van der Waals surface area contributed by atoms with Gasteiger partial charge in [-0.2, -0.15) is 0 Å². The van der Waals surface area contributed by atoms with E-state index in [2.05, 4.69) is 9.88 Å². The Labute approximate surface area is 165 Å². The molecule has 1 amide bonds. The Morgan fingerprint density at radius 2 is 1.89 bits per heavy atom. The quantitative estimate of drug-likeness (QED) is 0.746. The van der Waals surface area contributed by atoms with Crippen LogP contribution in [0.1, 0.15) is 55.2 Å². The van der Waals surface area contributed by atoms with E-state index in [1.54, 1.807) is 18.1 Å². The van der Waals surface area contributed by atoms with Gasteiger partial charge in [0.2, 0.25) is 5.91 Å². The lowest BCUT2D eigenvalue weighted by atomic mass is 10.0. The summed E-state index contributed by atoms with van der Waals surface area (Å²) in [6.07, 6.45) is 7.11. The predicted molar refractivity (Wildman–Crippen MR) is 109 cm³/mol. The number of fused-ring (bicyclic) bond motifs is 1. The number of Topliss-reactive ketones (excluding diaryl/α,β-unsaturated/α-hetero) is 1. The molecule has 2 aliphatic rings. The second-order valence-electron chi connectivity index (χ2n) is 7.63. The third kappa shape index (κ3) is 3.28. The molecule has 1 aromatic heterocycles. The van der Waals surface area contributed by atoms with E-state index in [-0.39, 0.29) is 24.2 Å². The summed E-state index contributed by atoms with van der Waals surface area (Å²) in [6.45, 7) is 2.05. The monoisotopic (exact) mass is 378 g/mol. The van der Waals surface area contributed by atoms with Gasteiger partial charge in [-0.15, -0.1) is 0 Å².